The number of nitrogens with zero attached hydrogens (tertiary/aromatic N) is 1. The molecular weight excluding hydrogens is 448 g/mol. The van der Waals surface area contributed by atoms with Crippen LogP contribution in [0.1, 0.15) is 25.3 Å². The summed E-state index contributed by atoms with van der Waals surface area (Å²) < 4.78 is 13.9. The van der Waals surface area contributed by atoms with E-state index in [0.717, 1.165) is 30.9 Å². The maximum atomic E-state index is 13.4. The molecule has 1 aliphatic rings. The summed E-state index contributed by atoms with van der Waals surface area (Å²) in [6.07, 6.45) is 6.39. The van der Waals surface area contributed by atoms with Gasteiger partial charge in [-0.15, -0.1) is 24.0 Å². The van der Waals surface area contributed by atoms with Gasteiger partial charge in [0.05, 0.1) is 11.0 Å². The van der Waals surface area contributed by atoms with Gasteiger partial charge in [0.1, 0.15) is 5.82 Å². The van der Waals surface area contributed by atoms with Crippen LogP contribution in [-0.2, 0) is 6.54 Å². The van der Waals surface area contributed by atoms with Crippen LogP contribution in [0.4, 0.5) is 4.39 Å². The van der Waals surface area contributed by atoms with Gasteiger partial charge in [0, 0.05) is 12.6 Å². The van der Waals surface area contributed by atoms with E-state index in [1.165, 1.54) is 6.07 Å². The van der Waals surface area contributed by atoms with Crippen molar-refractivity contribution < 1.29 is 4.39 Å². The van der Waals surface area contributed by atoms with Gasteiger partial charge in [-0.25, -0.2) is 9.38 Å². The van der Waals surface area contributed by atoms with Crippen LogP contribution in [0.25, 0.3) is 0 Å². The first-order valence-corrected chi connectivity index (χ1v) is 7.62. The number of benzene rings is 1. The van der Waals surface area contributed by atoms with Crippen LogP contribution >= 0.6 is 39.9 Å². The monoisotopic (exact) mass is 467 g/mol. The Morgan fingerprint density at radius 1 is 1.38 bits per heavy atom. The molecule has 0 heterocycles. The molecule has 0 aromatic heterocycles. The van der Waals surface area contributed by atoms with Gasteiger partial charge in [0.15, 0.2) is 5.96 Å². The van der Waals surface area contributed by atoms with E-state index in [1.807, 2.05) is 13.0 Å². The Bertz CT molecular complexity index is 512. The Labute approximate surface area is 150 Å². The Balaban J connectivity index is 0.00000220. The number of halogens is 3. The van der Waals surface area contributed by atoms with Crippen molar-refractivity contribution in [3.8, 4) is 0 Å². The maximum absolute atomic E-state index is 13.4. The Hall–Kier alpha value is -0.630. The van der Waals surface area contributed by atoms with Gasteiger partial charge >= 0.3 is 0 Å². The standard InChI is InChI=1S/C15H19BrFN3.HI/c1-2-18-15(20-12-5-3-4-6-12)19-10-11-7-8-13(16)14(17)9-11;/h3-4,7-9,12H,2,5-6,10H2,1H3,(H2,18,19,20);1H. The third-order valence-electron chi connectivity index (χ3n) is 3.10. The molecule has 0 unspecified atom stereocenters. The molecule has 116 valence electrons. The first-order valence-electron chi connectivity index (χ1n) is 6.83. The fourth-order valence-corrected chi connectivity index (χ4v) is 2.30. The third-order valence-corrected chi connectivity index (χ3v) is 3.74. The SMILES string of the molecule is CCNC(=NCc1ccc(Br)c(F)c1)NC1CC=CC1.I. The third kappa shape index (κ3) is 5.94. The van der Waals surface area contributed by atoms with Crippen molar-refractivity contribution in [2.24, 2.45) is 4.99 Å². The lowest BCUT2D eigenvalue weighted by Gasteiger charge is -2.16. The van der Waals surface area contributed by atoms with Gasteiger partial charge < -0.3 is 10.6 Å². The molecule has 0 aliphatic heterocycles. The smallest absolute Gasteiger partial charge is 0.191 e. The Morgan fingerprint density at radius 3 is 2.71 bits per heavy atom. The lowest BCUT2D eigenvalue weighted by Crippen LogP contribution is -2.42. The molecule has 1 aromatic rings. The van der Waals surface area contributed by atoms with Gasteiger partial charge in [0.25, 0.3) is 0 Å². The van der Waals surface area contributed by atoms with Crippen molar-refractivity contribution in [3.63, 3.8) is 0 Å². The van der Waals surface area contributed by atoms with Crippen LogP contribution in [0, 0.1) is 5.82 Å². The summed E-state index contributed by atoms with van der Waals surface area (Å²) in [5, 5.41) is 6.60. The molecule has 21 heavy (non-hydrogen) atoms. The fourth-order valence-electron chi connectivity index (χ4n) is 2.06. The van der Waals surface area contributed by atoms with Crippen molar-refractivity contribution in [2.45, 2.75) is 32.4 Å². The van der Waals surface area contributed by atoms with Crippen molar-refractivity contribution in [1.82, 2.24) is 10.6 Å². The molecule has 0 radical (unpaired) electrons. The number of rotatable bonds is 4. The van der Waals surface area contributed by atoms with E-state index in [2.05, 4.69) is 43.7 Å². The quantitative estimate of drug-likeness (QED) is 0.304. The predicted octanol–water partition coefficient (Wildman–Crippen LogP) is 3.98. The van der Waals surface area contributed by atoms with Crippen molar-refractivity contribution in [1.29, 1.82) is 0 Å². The average molecular weight is 468 g/mol. The van der Waals surface area contributed by atoms with Crippen molar-refractivity contribution in [2.75, 3.05) is 6.54 Å². The van der Waals surface area contributed by atoms with Crippen LogP contribution < -0.4 is 10.6 Å². The van der Waals surface area contributed by atoms with Crippen molar-refractivity contribution >= 4 is 45.9 Å². The minimum atomic E-state index is -0.254. The van der Waals surface area contributed by atoms with E-state index in [9.17, 15) is 4.39 Å². The highest BCUT2D eigenvalue weighted by Gasteiger charge is 2.11. The zero-order valence-corrected chi connectivity index (χ0v) is 15.8. The number of aliphatic imine (C=N–C) groups is 1. The molecule has 3 nitrogen and oxygen atoms in total. The normalized spacial score (nSPS) is 14.9. The minimum absolute atomic E-state index is 0. The molecule has 0 bridgehead atoms. The summed E-state index contributed by atoms with van der Waals surface area (Å²) in [6, 6.07) is 5.50. The van der Waals surface area contributed by atoms with Gasteiger partial charge in [0.2, 0.25) is 0 Å². The van der Waals surface area contributed by atoms with E-state index in [0.29, 0.717) is 17.1 Å². The maximum Gasteiger partial charge on any atom is 0.191 e. The van der Waals surface area contributed by atoms with Crippen LogP contribution in [0.5, 0.6) is 0 Å². The zero-order chi connectivity index (χ0) is 14.4. The molecule has 6 heteroatoms. The predicted molar refractivity (Wildman–Crippen MR) is 99.6 cm³/mol. The average Bonchev–Trinajstić information content (AvgIpc) is 2.93. The van der Waals surface area contributed by atoms with Crippen molar-refractivity contribution in [3.05, 3.63) is 46.2 Å². The van der Waals surface area contributed by atoms with Crippen LogP contribution in [0.3, 0.4) is 0 Å². The van der Waals surface area contributed by atoms with Gasteiger partial charge in [-0.1, -0.05) is 18.2 Å². The fraction of sp³-hybridized carbons (Fsp3) is 0.400. The van der Waals surface area contributed by atoms with E-state index in [4.69, 9.17) is 0 Å². The second-order valence-electron chi connectivity index (χ2n) is 4.73. The largest absolute Gasteiger partial charge is 0.357 e. The summed E-state index contributed by atoms with van der Waals surface area (Å²) in [4.78, 5) is 4.50. The summed E-state index contributed by atoms with van der Waals surface area (Å²) >= 11 is 3.15. The lowest BCUT2D eigenvalue weighted by molar-refractivity contribution is 0.618. The molecule has 0 amide bonds. The second-order valence-corrected chi connectivity index (χ2v) is 5.58. The molecule has 2 N–H and O–H groups in total. The number of hydrogen-bond donors (Lipinski definition) is 2. The molecule has 0 spiro atoms. The molecule has 0 saturated carbocycles. The van der Waals surface area contributed by atoms with Crippen LogP contribution in [-0.4, -0.2) is 18.5 Å². The highest BCUT2D eigenvalue weighted by atomic mass is 127. The highest BCUT2D eigenvalue weighted by Crippen LogP contribution is 2.16. The number of guanidine groups is 1. The summed E-state index contributed by atoms with van der Waals surface area (Å²) in [5.74, 6) is 0.528. The Morgan fingerprint density at radius 2 is 2.10 bits per heavy atom. The summed E-state index contributed by atoms with van der Waals surface area (Å²) in [7, 11) is 0. The second kappa shape index (κ2) is 9.40. The van der Waals surface area contributed by atoms with E-state index >= 15 is 0 Å². The van der Waals surface area contributed by atoms with Crippen LogP contribution in [0.2, 0.25) is 0 Å². The molecular formula is C15H20BrFIN3. The topological polar surface area (TPSA) is 36.4 Å². The first-order chi connectivity index (χ1) is 9.69. The Kier molecular flexibility index (Phi) is 8.24. The van der Waals surface area contributed by atoms with E-state index in [-0.39, 0.29) is 29.8 Å². The van der Waals surface area contributed by atoms with E-state index < -0.39 is 0 Å². The molecule has 0 atom stereocenters. The van der Waals surface area contributed by atoms with Gasteiger partial charge in [-0.05, 0) is 53.4 Å². The molecule has 0 saturated heterocycles. The van der Waals surface area contributed by atoms with Gasteiger partial charge in [-0.2, -0.15) is 0 Å². The minimum Gasteiger partial charge on any atom is -0.357 e. The number of nitrogens with one attached hydrogen (secondary N) is 2. The zero-order valence-electron chi connectivity index (χ0n) is 11.9. The lowest BCUT2D eigenvalue weighted by atomic mass is 10.2. The molecule has 1 aliphatic carbocycles. The highest BCUT2D eigenvalue weighted by molar-refractivity contribution is 14.0. The summed E-state index contributed by atoms with van der Waals surface area (Å²) in [6.45, 7) is 3.30. The molecule has 1 aromatic carbocycles. The number of hydrogen-bond acceptors (Lipinski definition) is 1. The molecule has 2 rings (SSSR count). The molecule has 0 fully saturated rings. The summed E-state index contributed by atoms with van der Waals surface area (Å²) in [5.41, 5.74) is 0.854. The van der Waals surface area contributed by atoms with E-state index in [1.54, 1.807) is 6.07 Å². The van der Waals surface area contributed by atoms with Crippen LogP contribution in [0.15, 0.2) is 39.8 Å². The first kappa shape index (κ1) is 18.4. The van der Waals surface area contributed by atoms with Gasteiger partial charge in [-0.3, -0.25) is 0 Å².